The van der Waals surface area contributed by atoms with Crippen LogP contribution < -0.4 is 20.7 Å². The molecular weight excluding hydrogens is 497 g/mol. The van der Waals surface area contributed by atoms with Gasteiger partial charge in [-0.1, -0.05) is 50.7 Å². The third-order valence-electron chi connectivity index (χ3n) is 3.33. The minimum absolute atomic E-state index is 0.184. The second-order valence-electron chi connectivity index (χ2n) is 5.28. The van der Waals surface area contributed by atoms with Gasteiger partial charge in [0.25, 0.3) is 5.91 Å². The molecule has 144 valence electrons. The fourth-order valence-corrected chi connectivity index (χ4v) is 2.82. The second-order valence-corrected chi connectivity index (χ2v) is 8.97. The molecule has 2 aromatic rings. The third-order valence-corrected chi connectivity index (χ3v) is 4.74. The van der Waals surface area contributed by atoms with Crippen LogP contribution in [0.15, 0.2) is 53.0 Å². The molecule has 0 radical (unpaired) electrons. The number of hydrogen-bond donors (Lipinski definition) is 3. The normalized spacial score (nSPS) is 12.0. The first kappa shape index (κ1) is 22.0. The maximum atomic E-state index is 12.4. The van der Waals surface area contributed by atoms with E-state index < -0.39 is 15.9 Å². The lowest BCUT2D eigenvalue weighted by atomic mass is 10.2. The van der Waals surface area contributed by atoms with E-state index in [1.165, 1.54) is 7.11 Å². The van der Waals surface area contributed by atoms with Gasteiger partial charge in [-0.05, 0) is 60.7 Å². The van der Waals surface area contributed by atoms with Crippen molar-refractivity contribution in [3.8, 4) is 5.75 Å². The standard InChI is InChI=1S/C17H15BrCl3N3O2S/c1-26-13-8-2-10(3-9-13)14(25)23-15(17(19,20)21)24-16(27)22-12-6-4-11(18)5-7-12/h2-9,15H,1H3,(H,23,25)(H2,22,24,27)/t15-/m1/s1. The molecule has 2 rings (SSSR count). The number of rotatable bonds is 5. The summed E-state index contributed by atoms with van der Waals surface area (Å²) in [6.45, 7) is 0. The number of carbonyl (C=O) groups is 1. The molecule has 0 aliphatic heterocycles. The number of anilines is 1. The van der Waals surface area contributed by atoms with Crippen LogP contribution in [0, 0.1) is 0 Å². The summed E-state index contributed by atoms with van der Waals surface area (Å²) in [5, 5.41) is 8.55. The Labute approximate surface area is 185 Å². The van der Waals surface area contributed by atoms with Gasteiger partial charge in [0.15, 0.2) is 5.11 Å². The van der Waals surface area contributed by atoms with Crippen LogP contribution in [-0.4, -0.2) is 28.1 Å². The zero-order valence-electron chi connectivity index (χ0n) is 13.9. The average Bonchev–Trinajstić information content (AvgIpc) is 2.62. The summed E-state index contributed by atoms with van der Waals surface area (Å²) < 4.78 is 4.15. The Morgan fingerprint density at radius 2 is 1.67 bits per heavy atom. The topological polar surface area (TPSA) is 62.4 Å². The monoisotopic (exact) mass is 509 g/mol. The minimum Gasteiger partial charge on any atom is -0.497 e. The largest absolute Gasteiger partial charge is 0.497 e. The Balaban J connectivity index is 2.04. The first-order valence-corrected chi connectivity index (χ1v) is 9.87. The number of benzene rings is 2. The van der Waals surface area contributed by atoms with E-state index in [1.54, 1.807) is 24.3 Å². The first-order chi connectivity index (χ1) is 12.7. The molecule has 0 saturated heterocycles. The van der Waals surface area contributed by atoms with E-state index in [9.17, 15) is 4.79 Å². The molecule has 2 aromatic carbocycles. The van der Waals surface area contributed by atoms with E-state index in [2.05, 4.69) is 31.9 Å². The van der Waals surface area contributed by atoms with Gasteiger partial charge in [-0.25, -0.2) is 0 Å². The van der Waals surface area contributed by atoms with Crippen LogP contribution in [0.4, 0.5) is 5.69 Å². The summed E-state index contributed by atoms with van der Waals surface area (Å²) in [6.07, 6.45) is -1.06. The zero-order chi connectivity index (χ0) is 20.0. The highest BCUT2D eigenvalue weighted by atomic mass is 79.9. The van der Waals surface area contributed by atoms with Gasteiger partial charge in [-0.3, -0.25) is 4.79 Å². The number of alkyl halides is 3. The zero-order valence-corrected chi connectivity index (χ0v) is 18.6. The highest BCUT2D eigenvalue weighted by Gasteiger charge is 2.34. The van der Waals surface area contributed by atoms with E-state index in [0.717, 1.165) is 10.2 Å². The van der Waals surface area contributed by atoms with Gasteiger partial charge < -0.3 is 20.7 Å². The SMILES string of the molecule is COc1ccc(C(=O)N[C@H](NC(=S)Nc2ccc(Br)cc2)C(Cl)(Cl)Cl)cc1. The second kappa shape index (κ2) is 9.80. The van der Waals surface area contributed by atoms with Crippen LogP contribution >= 0.6 is 63.0 Å². The number of methoxy groups -OCH3 is 1. The molecule has 0 aliphatic carbocycles. The van der Waals surface area contributed by atoms with Gasteiger partial charge in [-0.2, -0.15) is 0 Å². The van der Waals surface area contributed by atoms with E-state index in [0.29, 0.717) is 11.3 Å². The van der Waals surface area contributed by atoms with Crippen molar-refractivity contribution in [3.05, 3.63) is 58.6 Å². The highest BCUT2D eigenvalue weighted by Crippen LogP contribution is 2.29. The van der Waals surface area contributed by atoms with Gasteiger partial charge in [-0.15, -0.1) is 0 Å². The Hall–Kier alpha value is -1.25. The summed E-state index contributed by atoms with van der Waals surface area (Å²) in [5.74, 6) is 0.190. The number of hydrogen-bond acceptors (Lipinski definition) is 3. The van der Waals surface area contributed by atoms with Gasteiger partial charge in [0.1, 0.15) is 11.9 Å². The Bertz CT molecular complexity index is 799. The molecule has 0 heterocycles. The van der Waals surface area contributed by atoms with Crippen molar-refractivity contribution >= 4 is 79.7 Å². The van der Waals surface area contributed by atoms with E-state index >= 15 is 0 Å². The molecule has 10 heteroatoms. The van der Waals surface area contributed by atoms with E-state index in [1.807, 2.05) is 24.3 Å². The Morgan fingerprint density at radius 3 is 2.19 bits per heavy atom. The third kappa shape index (κ3) is 7.01. The number of thiocarbonyl (C=S) groups is 1. The maximum absolute atomic E-state index is 12.4. The molecule has 3 N–H and O–H groups in total. The number of ether oxygens (including phenoxy) is 1. The van der Waals surface area contributed by atoms with Crippen LogP contribution in [0.25, 0.3) is 0 Å². The number of amides is 1. The van der Waals surface area contributed by atoms with Gasteiger partial charge in [0.05, 0.1) is 7.11 Å². The quantitative estimate of drug-likeness (QED) is 0.304. The fourth-order valence-electron chi connectivity index (χ4n) is 1.99. The summed E-state index contributed by atoms with van der Waals surface area (Å²) in [7, 11) is 1.54. The molecule has 0 aliphatic rings. The molecule has 0 aromatic heterocycles. The summed E-state index contributed by atoms with van der Waals surface area (Å²) in [4.78, 5) is 12.4. The van der Waals surface area contributed by atoms with Crippen molar-refractivity contribution in [2.75, 3.05) is 12.4 Å². The summed E-state index contributed by atoms with van der Waals surface area (Å²) >= 11 is 26.5. The van der Waals surface area contributed by atoms with Crippen LogP contribution in [0.3, 0.4) is 0 Å². The minimum atomic E-state index is -1.84. The number of nitrogens with one attached hydrogen (secondary N) is 3. The van der Waals surface area contributed by atoms with Crippen molar-refractivity contribution in [2.24, 2.45) is 0 Å². The van der Waals surface area contributed by atoms with Crippen LogP contribution in [0.5, 0.6) is 5.75 Å². The molecule has 5 nitrogen and oxygen atoms in total. The van der Waals surface area contributed by atoms with Crippen LogP contribution in [-0.2, 0) is 0 Å². The number of carbonyl (C=O) groups excluding carboxylic acids is 1. The van der Waals surface area contributed by atoms with Crippen LogP contribution in [0.2, 0.25) is 0 Å². The van der Waals surface area contributed by atoms with E-state index in [-0.39, 0.29) is 5.11 Å². The molecule has 0 unspecified atom stereocenters. The van der Waals surface area contributed by atoms with Crippen molar-refractivity contribution in [3.63, 3.8) is 0 Å². The van der Waals surface area contributed by atoms with Gasteiger partial charge in [0, 0.05) is 15.7 Å². The Kier molecular flexibility index (Phi) is 8.00. The molecule has 0 bridgehead atoms. The fraction of sp³-hybridized carbons (Fsp3) is 0.176. The lowest BCUT2D eigenvalue weighted by Gasteiger charge is -2.27. The van der Waals surface area contributed by atoms with Crippen LogP contribution in [0.1, 0.15) is 10.4 Å². The predicted octanol–water partition coefficient (Wildman–Crippen LogP) is 4.87. The molecule has 1 atom stereocenters. The van der Waals surface area contributed by atoms with Crippen molar-refractivity contribution in [2.45, 2.75) is 9.96 Å². The molecule has 27 heavy (non-hydrogen) atoms. The van der Waals surface area contributed by atoms with Gasteiger partial charge >= 0.3 is 0 Å². The lowest BCUT2D eigenvalue weighted by Crippen LogP contribution is -2.56. The summed E-state index contributed by atoms with van der Waals surface area (Å²) in [6, 6.07) is 13.9. The first-order valence-electron chi connectivity index (χ1n) is 7.54. The molecule has 0 fully saturated rings. The smallest absolute Gasteiger partial charge is 0.252 e. The van der Waals surface area contributed by atoms with Crippen molar-refractivity contribution < 1.29 is 9.53 Å². The van der Waals surface area contributed by atoms with E-state index in [4.69, 9.17) is 51.8 Å². The van der Waals surface area contributed by atoms with Crippen molar-refractivity contribution in [1.82, 2.24) is 10.6 Å². The average molecular weight is 512 g/mol. The highest BCUT2D eigenvalue weighted by molar-refractivity contribution is 9.10. The Morgan fingerprint density at radius 1 is 1.07 bits per heavy atom. The maximum Gasteiger partial charge on any atom is 0.252 e. The lowest BCUT2D eigenvalue weighted by molar-refractivity contribution is 0.0934. The predicted molar refractivity (Wildman–Crippen MR) is 118 cm³/mol. The molecule has 0 saturated carbocycles. The molecule has 1 amide bonds. The van der Waals surface area contributed by atoms with Crippen molar-refractivity contribution in [1.29, 1.82) is 0 Å². The van der Waals surface area contributed by atoms with Gasteiger partial charge in [0.2, 0.25) is 3.79 Å². The molecular formula is C17H15BrCl3N3O2S. The summed E-state index contributed by atoms with van der Waals surface area (Å²) in [5.41, 5.74) is 1.11. The number of halogens is 4. The molecule has 0 spiro atoms.